The summed E-state index contributed by atoms with van der Waals surface area (Å²) in [4.78, 5) is 11.5. The normalized spacial score (nSPS) is 10.2. The summed E-state index contributed by atoms with van der Waals surface area (Å²) in [5, 5.41) is 6.53. The Morgan fingerprint density at radius 2 is 2.22 bits per heavy atom. The number of hydrogen-bond donors (Lipinski definition) is 2. The van der Waals surface area contributed by atoms with Crippen LogP contribution in [0.15, 0.2) is 18.2 Å². The molecular weight excluding hydrogens is 252 g/mol. The van der Waals surface area contributed by atoms with Gasteiger partial charge in [0.1, 0.15) is 0 Å². The SMILES string of the molecule is COCCCNC(=O)CNc1cc(Cl)ccc1C. The van der Waals surface area contributed by atoms with Gasteiger partial charge >= 0.3 is 0 Å². The molecular formula is C13H19ClN2O2. The largest absolute Gasteiger partial charge is 0.385 e. The molecule has 0 radical (unpaired) electrons. The molecule has 0 saturated carbocycles. The van der Waals surface area contributed by atoms with Gasteiger partial charge in [0.15, 0.2) is 0 Å². The Morgan fingerprint density at radius 3 is 2.94 bits per heavy atom. The van der Waals surface area contributed by atoms with E-state index in [1.165, 1.54) is 0 Å². The molecule has 0 aliphatic carbocycles. The van der Waals surface area contributed by atoms with Gasteiger partial charge in [-0.15, -0.1) is 0 Å². The first-order chi connectivity index (χ1) is 8.63. The number of ether oxygens (including phenoxy) is 1. The molecule has 0 spiro atoms. The first kappa shape index (κ1) is 14.8. The number of carbonyl (C=O) groups excluding carboxylic acids is 1. The Morgan fingerprint density at radius 1 is 1.44 bits per heavy atom. The fourth-order valence-corrected chi connectivity index (χ4v) is 1.64. The third-order valence-corrected chi connectivity index (χ3v) is 2.72. The number of hydrogen-bond acceptors (Lipinski definition) is 3. The summed E-state index contributed by atoms with van der Waals surface area (Å²) < 4.78 is 4.90. The number of methoxy groups -OCH3 is 1. The Kier molecular flexibility index (Phi) is 6.54. The average molecular weight is 271 g/mol. The van der Waals surface area contributed by atoms with Crippen molar-refractivity contribution in [1.82, 2.24) is 5.32 Å². The second-order valence-corrected chi connectivity index (χ2v) is 4.45. The third-order valence-electron chi connectivity index (χ3n) is 2.49. The topological polar surface area (TPSA) is 50.4 Å². The van der Waals surface area contributed by atoms with Crippen LogP contribution in [0.3, 0.4) is 0 Å². The van der Waals surface area contributed by atoms with Gasteiger partial charge in [-0.05, 0) is 31.0 Å². The van der Waals surface area contributed by atoms with Crippen molar-refractivity contribution in [2.45, 2.75) is 13.3 Å². The van der Waals surface area contributed by atoms with Crippen LogP contribution in [0, 0.1) is 6.92 Å². The van der Waals surface area contributed by atoms with Crippen molar-refractivity contribution in [3.8, 4) is 0 Å². The molecule has 5 heteroatoms. The molecule has 0 aliphatic rings. The molecule has 4 nitrogen and oxygen atoms in total. The van der Waals surface area contributed by atoms with Gasteiger partial charge in [-0.3, -0.25) is 4.79 Å². The van der Waals surface area contributed by atoms with E-state index < -0.39 is 0 Å². The number of nitrogens with one attached hydrogen (secondary N) is 2. The first-order valence-electron chi connectivity index (χ1n) is 5.89. The zero-order valence-electron chi connectivity index (χ0n) is 10.8. The molecule has 0 bridgehead atoms. The van der Waals surface area contributed by atoms with Crippen LogP contribution >= 0.6 is 11.6 Å². The molecule has 0 saturated heterocycles. The number of rotatable bonds is 7. The Bertz CT molecular complexity index is 397. The zero-order chi connectivity index (χ0) is 13.4. The van der Waals surface area contributed by atoms with Crippen LogP contribution in [0.1, 0.15) is 12.0 Å². The van der Waals surface area contributed by atoms with E-state index >= 15 is 0 Å². The average Bonchev–Trinajstić information content (AvgIpc) is 2.36. The molecule has 1 aromatic rings. The minimum atomic E-state index is -0.0366. The van der Waals surface area contributed by atoms with Crippen LogP contribution in [-0.4, -0.2) is 32.7 Å². The molecule has 2 N–H and O–H groups in total. The van der Waals surface area contributed by atoms with Crippen molar-refractivity contribution in [2.75, 3.05) is 32.1 Å². The van der Waals surface area contributed by atoms with E-state index in [1.807, 2.05) is 25.1 Å². The lowest BCUT2D eigenvalue weighted by molar-refractivity contribution is -0.119. The molecule has 1 rings (SSSR count). The predicted octanol–water partition coefficient (Wildman–Crippen LogP) is 2.21. The van der Waals surface area contributed by atoms with Crippen LogP contribution in [-0.2, 0) is 9.53 Å². The van der Waals surface area contributed by atoms with Crippen molar-refractivity contribution in [3.63, 3.8) is 0 Å². The van der Waals surface area contributed by atoms with E-state index in [2.05, 4.69) is 10.6 Å². The van der Waals surface area contributed by atoms with E-state index in [1.54, 1.807) is 7.11 Å². The zero-order valence-corrected chi connectivity index (χ0v) is 11.5. The summed E-state index contributed by atoms with van der Waals surface area (Å²) in [7, 11) is 1.64. The van der Waals surface area contributed by atoms with Gasteiger partial charge < -0.3 is 15.4 Å². The number of carbonyl (C=O) groups is 1. The summed E-state index contributed by atoms with van der Waals surface area (Å²) in [6.07, 6.45) is 0.818. The lowest BCUT2D eigenvalue weighted by Crippen LogP contribution is -2.31. The van der Waals surface area contributed by atoms with Crippen molar-refractivity contribution in [1.29, 1.82) is 0 Å². The quantitative estimate of drug-likeness (QED) is 0.747. The van der Waals surface area contributed by atoms with Gasteiger partial charge in [-0.2, -0.15) is 0 Å². The highest BCUT2D eigenvalue weighted by Gasteiger charge is 2.03. The lowest BCUT2D eigenvalue weighted by atomic mass is 10.2. The minimum absolute atomic E-state index is 0.0366. The van der Waals surface area contributed by atoms with E-state index in [0.29, 0.717) is 18.2 Å². The van der Waals surface area contributed by atoms with Gasteiger partial charge in [0.05, 0.1) is 6.54 Å². The molecule has 1 aromatic carbocycles. The predicted molar refractivity (Wildman–Crippen MR) is 74.2 cm³/mol. The van der Waals surface area contributed by atoms with Crippen LogP contribution in [0.5, 0.6) is 0 Å². The summed E-state index contributed by atoms with van der Waals surface area (Å²) in [5.74, 6) is -0.0366. The van der Waals surface area contributed by atoms with E-state index in [0.717, 1.165) is 17.7 Å². The third kappa shape index (κ3) is 5.38. The van der Waals surface area contributed by atoms with Gasteiger partial charge in [-0.1, -0.05) is 17.7 Å². The highest BCUT2D eigenvalue weighted by Crippen LogP contribution is 2.19. The van der Waals surface area contributed by atoms with Crippen LogP contribution in [0.25, 0.3) is 0 Å². The highest BCUT2D eigenvalue weighted by atomic mass is 35.5. The van der Waals surface area contributed by atoms with E-state index in [9.17, 15) is 4.79 Å². The maximum Gasteiger partial charge on any atom is 0.239 e. The molecule has 1 amide bonds. The van der Waals surface area contributed by atoms with Crippen molar-refractivity contribution >= 4 is 23.2 Å². The van der Waals surface area contributed by atoms with Crippen molar-refractivity contribution < 1.29 is 9.53 Å². The van der Waals surface area contributed by atoms with Crippen molar-refractivity contribution in [2.24, 2.45) is 0 Å². The van der Waals surface area contributed by atoms with Gasteiger partial charge in [-0.25, -0.2) is 0 Å². The standard InChI is InChI=1S/C13H19ClN2O2/c1-10-4-5-11(14)8-12(10)16-9-13(17)15-6-3-7-18-2/h4-5,8,16H,3,6-7,9H2,1-2H3,(H,15,17). The second kappa shape index (κ2) is 7.95. The highest BCUT2D eigenvalue weighted by molar-refractivity contribution is 6.30. The molecule has 0 atom stereocenters. The fourth-order valence-electron chi connectivity index (χ4n) is 1.47. The van der Waals surface area contributed by atoms with Crippen LogP contribution < -0.4 is 10.6 Å². The molecule has 0 aliphatic heterocycles. The number of halogens is 1. The Balaban J connectivity index is 2.31. The molecule has 0 unspecified atom stereocenters. The number of amides is 1. The second-order valence-electron chi connectivity index (χ2n) is 4.01. The summed E-state index contributed by atoms with van der Waals surface area (Å²) in [6.45, 7) is 3.49. The maximum atomic E-state index is 11.5. The fraction of sp³-hybridized carbons (Fsp3) is 0.462. The molecule has 18 heavy (non-hydrogen) atoms. The number of anilines is 1. The van der Waals surface area contributed by atoms with Gasteiger partial charge in [0.25, 0.3) is 0 Å². The number of aryl methyl sites for hydroxylation is 1. The smallest absolute Gasteiger partial charge is 0.239 e. The van der Waals surface area contributed by atoms with Crippen LogP contribution in [0.2, 0.25) is 5.02 Å². The van der Waals surface area contributed by atoms with E-state index in [-0.39, 0.29) is 12.5 Å². The summed E-state index contributed by atoms with van der Waals surface area (Å²) in [5.41, 5.74) is 1.95. The van der Waals surface area contributed by atoms with Crippen LogP contribution in [0.4, 0.5) is 5.69 Å². The molecule has 100 valence electrons. The Labute approximate surface area is 113 Å². The van der Waals surface area contributed by atoms with Gasteiger partial charge in [0, 0.05) is 31.0 Å². The van der Waals surface area contributed by atoms with Gasteiger partial charge in [0.2, 0.25) is 5.91 Å². The molecule has 0 heterocycles. The summed E-state index contributed by atoms with van der Waals surface area (Å²) in [6, 6.07) is 5.56. The lowest BCUT2D eigenvalue weighted by Gasteiger charge is -2.10. The first-order valence-corrected chi connectivity index (χ1v) is 6.27. The molecule has 0 fully saturated rings. The monoisotopic (exact) mass is 270 g/mol. The van der Waals surface area contributed by atoms with E-state index in [4.69, 9.17) is 16.3 Å². The minimum Gasteiger partial charge on any atom is -0.385 e. The van der Waals surface area contributed by atoms with Crippen molar-refractivity contribution in [3.05, 3.63) is 28.8 Å². The molecule has 0 aromatic heterocycles. The Hall–Kier alpha value is -1.26. The maximum absolute atomic E-state index is 11.5. The summed E-state index contributed by atoms with van der Waals surface area (Å²) >= 11 is 5.90. The number of benzene rings is 1.